The average Bonchev–Trinajstić information content (AvgIpc) is 2.75. The van der Waals surface area contributed by atoms with Crippen LogP contribution < -0.4 is 16.0 Å². The second-order valence-electron chi connectivity index (χ2n) is 7.43. The van der Waals surface area contributed by atoms with Gasteiger partial charge < -0.3 is 31.1 Å². The van der Waals surface area contributed by atoms with Gasteiger partial charge in [0, 0.05) is 43.5 Å². The number of amides is 3. The molecule has 0 aromatic heterocycles. The minimum Gasteiger partial charge on any atom is -0.508 e. The van der Waals surface area contributed by atoms with Crippen molar-refractivity contribution in [2.75, 3.05) is 31.1 Å². The molecular formula is C22H26N4O5. The van der Waals surface area contributed by atoms with E-state index in [-0.39, 0.29) is 35.8 Å². The number of hydrogen-bond acceptors (Lipinski definition) is 6. The minimum absolute atomic E-state index is 0.127. The van der Waals surface area contributed by atoms with Gasteiger partial charge in [-0.05, 0) is 18.2 Å². The van der Waals surface area contributed by atoms with Crippen LogP contribution in [0, 0.1) is 0 Å². The molecule has 2 aromatic carbocycles. The third-order valence-corrected chi connectivity index (χ3v) is 5.17. The molecule has 3 amide bonds. The lowest BCUT2D eigenvalue weighted by atomic mass is 10.1. The first kappa shape index (κ1) is 21.9. The van der Waals surface area contributed by atoms with Crippen LogP contribution in [0.2, 0.25) is 0 Å². The molecule has 0 saturated carbocycles. The van der Waals surface area contributed by atoms with Gasteiger partial charge in [-0.25, -0.2) is 0 Å². The number of nitrogens with one attached hydrogen (secondary N) is 1. The number of phenols is 2. The molecule has 0 radical (unpaired) electrons. The summed E-state index contributed by atoms with van der Waals surface area (Å²) in [6, 6.07) is 12.7. The zero-order valence-corrected chi connectivity index (χ0v) is 17.0. The maximum Gasteiger partial charge on any atom is 0.245 e. The van der Waals surface area contributed by atoms with E-state index in [1.807, 2.05) is 30.3 Å². The molecule has 0 aliphatic carbocycles. The summed E-state index contributed by atoms with van der Waals surface area (Å²) in [5.74, 6) is -1.96. The Morgan fingerprint density at radius 2 is 1.68 bits per heavy atom. The van der Waals surface area contributed by atoms with E-state index >= 15 is 0 Å². The Morgan fingerprint density at radius 3 is 2.29 bits per heavy atom. The zero-order valence-electron chi connectivity index (χ0n) is 17.0. The fourth-order valence-electron chi connectivity index (χ4n) is 3.57. The fourth-order valence-corrected chi connectivity index (χ4v) is 3.57. The third kappa shape index (κ3) is 5.88. The van der Waals surface area contributed by atoms with Crippen LogP contribution in [-0.4, -0.2) is 65.1 Å². The molecular weight excluding hydrogens is 400 g/mol. The lowest BCUT2D eigenvalue weighted by Gasteiger charge is -2.37. The molecule has 1 fully saturated rings. The molecule has 1 aliphatic heterocycles. The molecule has 9 heteroatoms. The Balaban J connectivity index is 1.61. The molecule has 1 heterocycles. The van der Waals surface area contributed by atoms with Gasteiger partial charge in [0.05, 0.1) is 12.8 Å². The van der Waals surface area contributed by atoms with Gasteiger partial charge in [-0.15, -0.1) is 0 Å². The number of benzene rings is 2. The van der Waals surface area contributed by atoms with Crippen molar-refractivity contribution in [3.8, 4) is 11.5 Å². The van der Waals surface area contributed by atoms with E-state index in [0.717, 1.165) is 11.8 Å². The highest BCUT2D eigenvalue weighted by Gasteiger charge is 2.30. The van der Waals surface area contributed by atoms with Gasteiger partial charge >= 0.3 is 0 Å². The van der Waals surface area contributed by atoms with Crippen LogP contribution in [0.3, 0.4) is 0 Å². The number of para-hydroxylation sites is 1. The van der Waals surface area contributed by atoms with Crippen LogP contribution in [0.25, 0.3) is 0 Å². The van der Waals surface area contributed by atoms with E-state index in [1.165, 1.54) is 12.1 Å². The first-order chi connectivity index (χ1) is 14.8. The molecule has 164 valence electrons. The highest BCUT2D eigenvalue weighted by Crippen LogP contribution is 2.23. The van der Waals surface area contributed by atoms with Crippen LogP contribution in [0.5, 0.6) is 11.5 Å². The van der Waals surface area contributed by atoms with Gasteiger partial charge in [-0.1, -0.05) is 24.3 Å². The van der Waals surface area contributed by atoms with Crippen molar-refractivity contribution in [2.45, 2.75) is 18.9 Å². The van der Waals surface area contributed by atoms with E-state index in [1.54, 1.807) is 4.90 Å². The van der Waals surface area contributed by atoms with Crippen LogP contribution in [0.4, 0.5) is 5.69 Å². The molecule has 2 aromatic rings. The molecule has 1 saturated heterocycles. The van der Waals surface area contributed by atoms with Crippen LogP contribution in [-0.2, 0) is 20.8 Å². The number of piperazine rings is 1. The number of nitrogens with zero attached hydrogens (tertiary/aromatic N) is 2. The largest absolute Gasteiger partial charge is 0.508 e. The number of nitrogens with two attached hydrogens (primary N) is 1. The topological polar surface area (TPSA) is 136 Å². The predicted octanol–water partition coefficient (Wildman–Crippen LogP) is 0.349. The van der Waals surface area contributed by atoms with Gasteiger partial charge in [-0.2, -0.15) is 0 Å². The number of anilines is 1. The quantitative estimate of drug-likeness (QED) is 0.504. The van der Waals surface area contributed by atoms with Crippen molar-refractivity contribution in [2.24, 2.45) is 5.73 Å². The minimum atomic E-state index is -1.08. The van der Waals surface area contributed by atoms with Gasteiger partial charge in [-0.3, -0.25) is 14.4 Å². The van der Waals surface area contributed by atoms with Gasteiger partial charge in [0.1, 0.15) is 17.5 Å². The van der Waals surface area contributed by atoms with Crippen molar-refractivity contribution in [3.63, 3.8) is 0 Å². The normalized spacial score (nSPS) is 14.7. The van der Waals surface area contributed by atoms with E-state index in [0.29, 0.717) is 26.2 Å². The number of rotatable bonds is 7. The lowest BCUT2D eigenvalue weighted by Crippen LogP contribution is -2.56. The Kier molecular flexibility index (Phi) is 6.96. The van der Waals surface area contributed by atoms with Crippen LogP contribution in [0.15, 0.2) is 48.5 Å². The van der Waals surface area contributed by atoms with E-state index in [2.05, 4.69) is 10.2 Å². The van der Waals surface area contributed by atoms with Crippen molar-refractivity contribution in [3.05, 3.63) is 54.1 Å². The van der Waals surface area contributed by atoms with E-state index in [9.17, 15) is 24.6 Å². The average molecular weight is 426 g/mol. The maximum absolute atomic E-state index is 13.0. The predicted molar refractivity (Wildman–Crippen MR) is 114 cm³/mol. The van der Waals surface area contributed by atoms with Crippen LogP contribution >= 0.6 is 0 Å². The SMILES string of the molecule is NC(=O)C[C@H](NC(=O)Cc1ccc(O)cc1O)C(=O)N1CCN(c2ccccc2)CC1. The highest BCUT2D eigenvalue weighted by atomic mass is 16.3. The molecule has 1 aliphatic rings. The zero-order chi connectivity index (χ0) is 22.4. The summed E-state index contributed by atoms with van der Waals surface area (Å²) < 4.78 is 0. The Bertz CT molecular complexity index is 942. The molecule has 0 bridgehead atoms. The summed E-state index contributed by atoms with van der Waals surface area (Å²) in [4.78, 5) is 40.7. The number of phenolic OH excluding ortho intramolecular Hbond substituents is 2. The summed E-state index contributed by atoms with van der Waals surface area (Å²) in [5.41, 5.74) is 6.65. The molecule has 0 unspecified atom stereocenters. The summed E-state index contributed by atoms with van der Waals surface area (Å²) in [5, 5.41) is 21.8. The smallest absolute Gasteiger partial charge is 0.245 e. The summed E-state index contributed by atoms with van der Waals surface area (Å²) >= 11 is 0. The first-order valence-electron chi connectivity index (χ1n) is 10.0. The van der Waals surface area contributed by atoms with E-state index in [4.69, 9.17) is 5.73 Å². The molecule has 0 spiro atoms. The van der Waals surface area contributed by atoms with Crippen molar-refractivity contribution >= 4 is 23.4 Å². The number of primary amides is 1. The number of aromatic hydroxyl groups is 2. The first-order valence-corrected chi connectivity index (χ1v) is 10.0. The van der Waals surface area contributed by atoms with Gasteiger partial charge in [0.25, 0.3) is 0 Å². The second kappa shape index (κ2) is 9.84. The van der Waals surface area contributed by atoms with E-state index < -0.39 is 17.9 Å². The number of hydrogen-bond donors (Lipinski definition) is 4. The lowest BCUT2D eigenvalue weighted by molar-refractivity contribution is -0.138. The number of carbonyl (C=O) groups is 3. The second-order valence-corrected chi connectivity index (χ2v) is 7.43. The van der Waals surface area contributed by atoms with Crippen molar-refractivity contribution in [1.29, 1.82) is 0 Å². The molecule has 5 N–H and O–H groups in total. The molecule has 31 heavy (non-hydrogen) atoms. The Morgan fingerprint density at radius 1 is 1.00 bits per heavy atom. The van der Waals surface area contributed by atoms with Crippen molar-refractivity contribution in [1.82, 2.24) is 10.2 Å². The highest BCUT2D eigenvalue weighted by molar-refractivity contribution is 5.92. The van der Waals surface area contributed by atoms with Gasteiger partial charge in [0.2, 0.25) is 17.7 Å². The molecule has 1 atom stereocenters. The molecule has 3 rings (SSSR count). The summed E-state index contributed by atoms with van der Waals surface area (Å²) in [7, 11) is 0. The Labute approximate surface area is 180 Å². The fraction of sp³-hybridized carbons (Fsp3) is 0.318. The van der Waals surface area contributed by atoms with Gasteiger partial charge in [0.15, 0.2) is 0 Å². The monoisotopic (exact) mass is 426 g/mol. The summed E-state index contributed by atoms with van der Waals surface area (Å²) in [6.45, 7) is 2.18. The van der Waals surface area contributed by atoms with Crippen molar-refractivity contribution < 1.29 is 24.6 Å². The van der Waals surface area contributed by atoms with Crippen LogP contribution in [0.1, 0.15) is 12.0 Å². The number of carbonyl (C=O) groups excluding carboxylic acids is 3. The molecule has 9 nitrogen and oxygen atoms in total. The standard InChI is InChI=1S/C22H26N4O5/c23-20(29)14-18(24-21(30)12-15-6-7-17(27)13-19(15)28)22(31)26-10-8-25(9-11-26)16-4-2-1-3-5-16/h1-7,13,18,27-28H,8-12,14H2,(H2,23,29)(H,24,30)/t18-/m0/s1. The summed E-state index contributed by atoms with van der Waals surface area (Å²) in [6.07, 6.45) is -0.526. The third-order valence-electron chi connectivity index (χ3n) is 5.17. The Hall–Kier alpha value is -3.75. The maximum atomic E-state index is 13.0.